The van der Waals surface area contributed by atoms with E-state index in [1.807, 2.05) is 24.5 Å². The van der Waals surface area contributed by atoms with E-state index in [0.717, 1.165) is 11.1 Å². The third-order valence-corrected chi connectivity index (χ3v) is 4.29. The number of aryl methyl sites for hydroxylation is 1. The summed E-state index contributed by atoms with van der Waals surface area (Å²) in [4.78, 5) is 39.6. The number of rotatable bonds is 6. The molecule has 0 bridgehead atoms. The average molecular weight is 377 g/mol. The minimum atomic E-state index is -0.198. The van der Waals surface area contributed by atoms with Crippen molar-refractivity contribution in [3.05, 3.63) is 75.7 Å². The fourth-order valence-electron chi connectivity index (χ4n) is 2.74. The molecule has 2 heterocycles. The average Bonchev–Trinajstić information content (AvgIpc) is 2.67. The number of carbonyl (C=O) groups is 1. The first-order valence-electron chi connectivity index (χ1n) is 9.20. The van der Waals surface area contributed by atoms with Gasteiger partial charge in [-0.2, -0.15) is 0 Å². The van der Waals surface area contributed by atoms with Crippen molar-refractivity contribution < 1.29 is 4.79 Å². The Labute approximate surface area is 163 Å². The molecule has 7 nitrogen and oxygen atoms in total. The van der Waals surface area contributed by atoms with E-state index in [2.05, 4.69) is 39.1 Å². The lowest BCUT2D eigenvalue weighted by molar-refractivity contribution is 0.0954. The molecular weight excluding hydrogens is 354 g/mol. The van der Waals surface area contributed by atoms with E-state index in [1.54, 1.807) is 19.1 Å². The van der Waals surface area contributed by atoms with Gasteiger partial charge in [-0.05, 0) is 30.5 Å². The van der Waals surface area contributed by atoms with Crippen molar-refractivity contribution >= 4 is 5.91 Å². The molecule has 0 aliphatic heterocycles. The van der Waals surface area contributed by atoms with E-state index in [4.69, 9.17) is 0 Å². The van der Waals surface area contributed by atoms with Gasteiger partial charge >= 0.3 is 0 Å². The predicted octanol–water partition coefficient (Wildman–Crippen LogP) is 2.63. The van der Waals surface area contributed by atoms with Gasteiger partial charge in [0, 0.05) is 48.2 Å². The van der Waals surface area contributed by atoms with E-state index in [1.165, 1.54) is 6.07 Å². The van der Waals surface area contributed by atoms with Crippen LogP contribution in [0.5, 0.6) is 0 Å². The Bertz CT molecular complexity index is 1030. The maximum atomic E-state index is 12.5. The summed E-state index contributed by atoms with van der Waals surface area (Å²) in [6, 6.07) is 8.64. The van der Waals surface area contributed by atoms with Crippen LogP contribution in [0.2, 0.25) is 0 Å². The van der Waals surface area contributed by atoms with E-state index in [-0.39, 0.29) is 11.5 Å². The maximum absolute atomic E-state index is 12.5. The second kappa shape index (κ2) is 8.56. The molecule has 0 fully saturated rings. The molecule has 0 radical (unpaired) electrons. The number of nitrogens with one attached hydrogen (secondary N) is 2. The van der Waals surface area contributed by atoms with E-state index >= 15 is 0 Å². The lowest BCUT2D eigenvalue weighted by Gasteiger charge is -2.08. The van der Waals surface area contributed by atoms with Crippen molar-refractivity contribution in [2.45, 2.75) is 33.1 Å². The minimum Gasteiger partial charge on any atom is -0.352 e. The molecule has 0 saturated heterocycles. The van der Waals surface area contributed by atoms with Gasteiger partial charge < -0.3 is 10.3 Å². The summed E-state index contributed by atoms with van der Waals surface area (Å²) < 4.78 is 0. The van der Waals surface area contributed by atoms with Crippen LogP contribution in [0.25, 0.3) is 11.4 Å². The van der Waals surface area contributed by atoms with Crippen molar-refractivity contribution in [3.63, 3.8) is 0 Å². The highest BCUT2D eigenvalue weighted by atomic mass is 16.1. The summed E-state index contributed by atoms with van der Waals surface area (Å²) in [5.41, 5.74) is 2.85. The zero-order valence-electron chi connectivity index (χ0n) is 16.2. The highest BCUT2D eigenvalue weighted by molar-refractivity contribution is 5.95. The first-order chi connectivity index (χ1) is 13.4. The van der Waals surface area contributed by atoms with Gasteiger partial charge in [0.05, 0.1) is 0 Å². The second-order valence-corrected chi connectivity index (χ2v) is 6.91. The minimum absolute atomic E-state index is 0.190. The smallest absolute Gasteiger partial charge is 0.251 e. The first-order valence-corrected chi connectivity index (χ1v) is 9.20. The molecule has 1 aromatic carbocycles. The molecule has 28 heavy (non-hydrogen) atoms. The van der Waals surface area contributed by atoms with Gasteiger partial charge in [-0.3, -0.25) is 9.59 Å². The number of aromatic nitrogens is 4. The van der Waals surface area contributed by atoms with Gasteiger partial charge in [-0.15, -0.1) is 0 Å². The molecule has 3 aromatic rings. The normalized spacial score (nSPS) is 10.9. The highest BCUT2D eigenvalue weighted by Gasteiger charge is 2.09. The number of nitrogens with zero attached hydrogens (tertiary/aromatic N) is 3. The van der Waals surface area contributed by atoms with Crippen LogP contribution in [-0.2, 0) is 6.42 Å². The van der Waals surface area contributed by atoms with Crippen LogP contribution in [0.15, 0.2) is 47.5 Å². The largest absolute Gasteiger partial charge is 0.352 e. The number of hydrogen-bond donors (Lipinski definition) is 2. The second-order valence-electron chi connectivity index (χ2n) is 6.91. The third kappa shape index (κ3) is 4.88. The van der Waals surface area contributed by atoms with Crippen molar-refractivity contribution in [2.24, 2.45) is 0 Å². The zero-order valence-corrected chi connectivity index (χ0v) is 16.2. The number of aromatic amines is 1. The van der Waals surface area contributed by atoms with Gasteiger partial charge in [0.25, 0.3) is 11.5 Å². The Kier molecular flexibility index (Phi) is 5.93. The third-order valence-electron chi connectivity index (χ3n) is 4.29. The lowest BCUT2D eigenvalue weighted by atomic mass is 10.1. The summed E-state index contributed by atoms with van der Waals surface area (Å²) in [6.07, 6.45) is 4.08. The van der Waals surface area contributed by atoms with Gasteiger partial charge in [-0.1, -0.05) is 26.0 Å². The first kappa shape index (κ1) is 19.4. The van der Waals surface area contributed by atoms with Gasteiger partial charge in [-0.25, -0.2) is 15.0 Å². The molecular formula is C21H23N5O2. The molecule has 0 spiro atoms. The van der Waals surface area contributed by atoms with E-state index < -0.39 is 0 Å². The molecule has 2 aromatic heterocycles. The summed E-state index contributed by atoms with van der Waals surface area (Å²) in [7, 11) is 0. The summed E-state index contributed by atoms with van der Waals surface area (Å²) in [5, 5.41) is 2.85. The summed E-state index contributed by atoms with van der Waals surface area (Å²) in [6.45, 7) is 6.31. The van der Waals surface area contributed by atoms with Crippen molar-refractivity contribution in [1.29, 1.82) is 0 Å². The van der Waals surface area contributed by atoms with Crippen LogP contribution in [0, 0.1) is 6.92 Å². The van der Waals surface area contributed by atoms with Crippen molar-refractivity contribution in [2.75, 3.05) is 6.54 Å². The maximum Gasteiger partial charge on any atom is 0.251 e. The molecule has 7 heteroatoms. The standard InChI is InChI=1S/C21H23N5O2/c1-13(2)17-11-23-20(24-12-17)15-5-4-6-16(10-15)21(28)22-8-7-18-25-14(3)9-19(27)26-18/h4-6,9-13H,7-8H2,1-3H3,(H,22,28)(H,25,26,27). The number of carbonyl (C=O) groups excluding carboxylic acids is 1. The van der Waals surface area contributed by atoms with Crippen LogP contribution in [0.3, 0.4) is 0 Å². The molecule has 0 unspecified atom stereocenters. The molecule has 1 amide bonds. The van der Waals surface area contributed by atoms with E-state index in [0.29, 0.717) is 41.8 Å². The van der Waals surface area contributed by atoms with Crippen molar-refractivity contribution in [3.8, 4) is 11.4 Å². The van der Waals surface area contributed by atoms with Gasteiger partial charge in [0.15, 0.2) is 5.82 Å². The molecule has 0 atom stereocenters. The number of hydrogen-bond acceptors (Lipinski definition) is 5. The number of amides is 1. The fourth-order valence-corrected chi connectivity index (χ4v) is 2.74. The predicted molar refractivity (Wildman–Crippen MR) is 107 cm³/mol. The lowest BCUT2D eigenvalue weighted by Crippen LogP contribution is -2.27. The van der Waals surface area contributed by atoms with Crippen LogP contribution in [0.1, 0.15) is 47.2 Å². The molecule has 0 aliphatic rings. The van der Waals surface area contributed by atoms with Gasteiger partial charge in [0.1, 0.15) is 5.82 Å². The topological polar surface area (TPSA) is 101 Å². The Hall–Kier alpha value is -3.35. The molecule has 144 valence electrons. The Balaban J connectivity index is 1.65. The number of H-pyrrole nitrogens is 1. The highest BCUT2D eigenvalue weighted by Crippen LogP contribution is 2.18. The van der Waals surface area contributed by atoms with Crippen LogP contribution in [0.4, 0.5) is 0 Å². The van der Waals surface area contributed by atoms with Crippen LogP contribution >= 0.6 is 0 Å². The van der Waals surface area contributed by atoms with Crippen LogP contribution in [-0.4, -0.2) is 32.4 Å². The summed E-state index contributed by atoms with van der Waals surface area (Å²) >= 11 is 0. The summed E-state index contributed by atoms with van der Waals surface area (Å²) in [5.74, 6) is 1.30. The Morgan fingerprint density at radius 1 is 1.18 bits per heavy atom. The Morgan fingerprint density at radius 2 is 1.93 bits per heavy atom. The fraction of sp³-hybridized carbons (Fsp3) is 0.286. The zero-order chi connectivity index (χ0) is 20.1. The Morgan fingerprint density at radius 3 is 2.61 bits per heavy atom. The molecule has 0 aliphatic carbocycles. The monoisotopic (exact) mass is 377 g/mol. The SMILES string of the molecule is Cc1cc(=O)[nH]c(CCNC(=O)c2cccc(-c3ncc(C(C)C)cn3)c2)n1. The quantitative estimate of drug-likeness (QED) is 0.688. The molecule has 3 rings (SSSR count). The number of benzene rings is 1. The van der Waals surface area contributed by atoms with Crippen LogP contribution < -0.4 is 10.9 Å². The molecule has 2 N–H and O–H groups in total. The van der Waals surface area contributed by atoms with Crippen molar-refractivity contribution in [1.82, 2.24) is 25.3 Å². The van der Waals surface area contributed by atoms with E-state index in [9.17, 15) is 9.59 Å². The van der Waals surface area contributed by atoms with Gasteiger partial charge in [0.2, 0.25) is 0 Å². The molecule has 0 saturated carbocycles.